The normalized spacial score (nSPS) is 18.5. The average Bonchev–Trinajstić information content (AvgIpc) is 2.99. The molecule has 0 aliphatic carbocycles. The first kappa shape index (κ1) is 15.8. The summed E-state index contributed by atoms with van der Waals surface area (Å²) in [6.45, 7) is 0.670. The van der Waals surface area contributed by atoms with Crippen LogP contribution < -0.4 is 4.74 Å². The van der Waals surface area contributed by atoms with Crippen LogP contribution in [0.25, 0.3) is 0 Å². The molecule has 0 radical (unpaired) electrons. The van der Waals surface area contributed by atoms with E-state index < -0.39 is 0 Å². The third kappa shape index (κ3) is 3.32. The SMILES string of the molecule is COc1cc(C(=O)N2CCCCC[C@H]2c2ncon2)ccc1Cl. The fourth-order valence-electron chi connectivity index (χ4n) is 2.90. The van der Waals surface area contributed by atoms with Crippen molar-refractivity contribution < 1.29 is 14.1 Å². The van der Waals surface area contributed by atoms with Gasteiger partial charge in [-0.2, -0.15) is 4.98 Å². The average molecular weight is 336 g/mol. The van der Waals surface area contributed by atoms with Gasteiger partial charge in [-0.3, -0.25) is 4.79 Å². The molecule has 1 aliphatic heterocycles. The van der Waals surface area contributed by atoms with Gasteiger partial charge in [-0.25, -0.2) is 0 Å². The Bertz CT molecular complexity index is 675. The van der Waals surface area contributed by atoms with Gasteiger partial charge in [0.25, 0.3) is 5.91 Å². The van der Waals surface area contributed by atoms with Crippen molar-refractivity contribution in [2.75, 3.05) is 13.7 Å². The zero-order valence-corrected chi connectivity index (χ0v) is 13.6. The molecule has 2 aromatic rings. The molecule has 1 aliphatic rings. The Balaban J connectivity index is 1.91. The van der Waals surface area contributed by atoms with Crippen LogP contribution >= 0.6 is 11.6 Å². The second kappa shape index (κ2) is 7.00. The van der Waals surface area contributed by atoms with Crippen molar-refractivity contribution >= 4 is 17.5 Å². The Morgan fingerprint density at radius 2 is 2.26 bits per heavy atom. The Hall–Kier alpha value is -2.08. The Labute approximate surface area is 139 Å². The lowest BCUT2D eigenvalue weighted by atomic mass is 10.1. The van der Waals surface area contributed by atoms with Crippen molar-refractivity contribution in [1.29, 1.82) is 0 Å². The number of carbonyl (C=O) groups is 1. The van der Waals surface area contributed by atoms with Crippen LogP contribution in [-0.2, 0) is 0 Å². The Kier molecular flexibility index (Phi) is 4.81. The van der Waals surface area contributed by atoms with Gasteiger partial charge in [-0.1, -0.05) is 29.6 Å². The van der Waals surface area contributed by atoms with E-state index in [4.69, 9.17) is 20.9 Å². The molecule has 23 heavy (non-hydrogen) atoms. The summed E-state index contributed by atoms with van der Waals surface area (Å²) >= 11 is 6.04. The highest BCUT2D eigenvalue weighted by Gasteiger charge is 2.30. The third-order valence-electron chi connectivity index (χ3n) is 4.09. The van der Waals surface area contributed by atoms with Crippen LogP contribution in [0.2, 0.25) is 5.02 Å². The van der Waals surface area contributed by atoms with Gasteiger partial charge in [0.05, 0.1) is 18.2 Å². The molecule has 1 aromatic heterocycles. The number of nitrogens with zero attached hydrogens (tertiary/aromatic N) is 3. The fourth-order valence-corrected chi connectivity index (χ4v) is 3.10. The predicted octanol–water partition coefficient (Wildman–Crippen LogP) is 3.49. The number of carbonyl (C=O) groups excluding carboxylic acids is 1. The van der Waals surface area contributed by atoms with Crippen molar-refractivity contribution in [2.45, 2.75) is 31.7 Å². The molecular formula is C16H18ClN3O3. The molecular weight excluding hydrogens is 318 g/mol. The number of benzene rings is 1. The van der Waals surface area contributed by atoms with Crippen LogP contribution in [0.5, 0.6) is 5.75 Å². The molecule has 7 heteroatoms. The summed E-state index contributed by atoms with van der Waals surface area (Å²) < 4.78 is 10.1. The summed E-state index contributed by atoms with van der Waals surface area (Å²) in [6.07, 6.45) is 5.21. The van der Waals surface area contributed by atoms with E-state index in [2.05, 4.69) is 10.1 Å². The smallest absolute Gasteiger partial charge is 0.254 e. The number of halogens is 1. The molecule has 6 nitrogen and oxygen atoms in total. The molecule has 0 unspecified atom stereocenters. The van der Waals surface area contributed by atoms with Gasteiger partial charge in [-0.15, -0.1) is 0 Å². The molecule has 3 rings (SSSR count). The van der Waals surface area contributed by atoms with E-state index in [1.165, 1.54) is 13.5 Å². The summed E-state index contributed by atoms with van der Waals surface area (Å²) in [5, 5.41) is 4.41. The topological polar surface area (TPSA) is 68.5 Å². The highest BCUT2D eigenvalue weighted by atomic mass is 35.5. The number of rotatable bonds is 3. The van der Waals surface area contributed by atoms with Crippen molar-refractivity contribution in [3.63, 3.8) is 0 Å². The maximum atomic E-state index is 13.0. The van der Waals surface area contributed by atoms with Gasteiger partial charge in [0.1, 0.15) is 5.75 Å². The monoisotopic (exact) mass is 335 g/mol. The first-order valence-corrected chi connectivity index (χ1v) is 7.99. The largest absolute Gasteiger partial charge is 0.495 e. The van der Waals surface area contributed by atoms with Gasteiger partial charge in [-0.05, 0) is 31.0 Å². The van der Waals surface area contributed by atoms with Crippen molar-refractivity contribution in [3.05, 3.63) is 41.0 Å². The highest BCUT2D eigenvalue weighted by Crippen LogP contribution is 2.31. The maximum absolute atomic E-state index is 13.0. The second-order valence-electron chi connectivity index (χ2n) is 5.50. The van der Waals surface area contributed by atoms with Crippen LogP contribution in [0.15, 0.2) is 29.1 Å². The minimum atomic E-state index is -0.162. The van der Waals surface area contributed by atoms with E-state index in [1.54, 1.807) is 18.2 Å². The molecule has 1 fully saturated rings. The summed E-state index contributed by atoms with van der Waals surface area (Å²) in [5.41, 5.74) is 0.543. The quantitative estimate of drug-likeness (QED) is 0.858. The molecule has 1 saturated heterocycles. The van der Waals surface area contributed by atoms with E-state index >= 15 is 0 Å². The minimum Gasteiger partial charge on any atom is -0.495 e. The first-order valence-electron chi connectivity index (χ1n) is 7.61. The maximum Gasteiger partial charge on any atom is 0.254 e. The van der Waals surface area contributed by atoms with Gasteiger partial charge in [0.15, 0.2) is 5.82 Å². The molecule has 1 aromatic carbocycles. The summed E-state index contributed by atoms with van der Waals surface area (Å²) in [6, 6.07) is 4.90. The summed E-state index contributed by atoms with van der Waals surface area (Å²) in [4.78, 5) is 18.9. The molecule has 0 N–H and O–H groups in total. The number of hydrogen-bond acceptors (Lipinski definition) is 5. The standard InChI is InChI=1S/C16H18ClN3O3/c1-22-14-9-11(6-7-12(14)17)16(21)20-8-4-2-3-5-13(20)15-18-10-23-19-15/h6-7,9-10,13H,2-5,8H2,1H3/t13-/m0/s1. The Morgan fingerprint density at radius 1 is 1.39 bits per heavy atom. The zero-order chi connectivity index (χ0) is 16.2. The van der Waals surface area contributed by atoms with Crippen molar-refractivity contribution in [1.82, 2.24) is 15.0 Å². The van der Waals surface area contributed by atoms with E-state index in [-0.39, 0.29) is 11.9 Å². The summed E-state index contributed by atoms with van der Waals surface area (Å²) in [5.74, 6) is 0.973. The van der Waals surface area contributed by atoms with Crippen molar-refractivity contribution in [3.8, 4) is 5.75 Å². The molecule has 2 heterocycles. The van der Waals surface area contributed by atoms with E-state index in [1.807, 2.05) is 4.90 Å². The zero-order valence-electron chi connectivity index (χ0n) is 12.9. The number of aromatic nitrogens is 2. The van der Waals surface area contributed by atoms with Crippen LogP contribution in [-0.4, -0.2) is 34.6 Å². The van der Waals surface area contributed by atoms with E-state index in [0.717, 1.165) is 25.7 Å². The molecule has 1 amide bonds. The van der Waals surface area contributed by atoms with Crippen LogP contribution in [0.4, 0.5) is 0 Å². The molecule has 0 saturated carbocycles. The number of hydrogen-bond donors (Lipinski definition) is 0. The minimum absolute atomic E-state index is 0.0725. The molecule has 0 spiro atoms. The molecule has 0 bridgehead atoms. The van der Waals surface area contributed by atoms with Gasteiger partial charge in [0, 0.05) is 12.1 Å². The van der Waals surface area contributed by atoms with Crippen molar-refractivity contribution in [2.24, 2.45) is 0 Å². The van der Waals surface area contributed by atoms with Crippen LogP contribution in [0, 0.1) is 0 Å². The van der Waals surface area contributed by atoms with Crippen LogP contribution in [0.1, 0.15) is 47.9 Å². The molecule has 122 valence electrons. The number of ether oxygens (including phenoxy) is 1. The predicted molar refractivity (Wildman–Crippen MR) is 84.5 cm³/mol. The lowest BCUT2D eigenvalue weighted by molar-refractivity contribution is 0.0670. The highest BCUT2D eigenvalue weighted by molar-refractivity contribution is 6.32. The summed E-state index contributed by atoms with van der Waals surface area (Å²) in [7, 11) is 1.53. The van der Waals surface area contributed by atoms with Gasteiger partial charge in [0.2, 0.25) is 6.39 Å². The third-order valence-corrected chi connectivity index (χ3v) is 4.40. The van der Waals surface area contributed by atoms with Gasteiger partial charge < -0.3 is 14.2 Å². The second-order valence-corrected chi connectivity index (χ2v) is 5.91. The lowest BCUT2D eigenvalue weighted by Crippen LogP contribution is -2.35. The number of methoxy groups -OCH3 is 1. The van der Waals surface area contributed by atoms with E-state index in [9.17, 15) is 4.79 Å². The van der Waals surface area contributed by atoms with Crippen LogP contribution in [0.3, 0.4) is 0 Å². The molecule has 1 atom stereocenters. The number of amides is 1. The lowest BCUT2D eigenvalue weighted by Gasteiger charge is -2.28. The first-order chi connectivity index (χ1) is 11.2. The fraction of sp³-hybridized carbons (Fsp3) is 0.438. The van der Waals surface area contributed by atoms with Gasteiger partial charge >= 0.3 is 0 Å². The van der Waals surface area contributed by atoms with E-state index in [0.29, 0.717) is 28.7 Å². The number of likely N-dealkylation sites (tertiary alicyclic amines) is 1. The Morgan fingerprint density at radius 3 is 3.00 bits per heavy atom.